The molecule has 1 spiro atoms. The molecule has 0 aliphatic carbocycles. The highest BCUT2D eigenvalue weighted by atomic mass is 16.5. The Kier molecular flexibility index (Phi) is 4.76. The maximum Gasteiger partial charge on any atom is 0.252 e. The second kappa shape index (κ2) is 6.34. The molecular weight excluding hydrogens is 246 g/mol. The molecule has 2 aliphatic rings. The molecule has 19 heavy (non-hydrogen) atoms. The van der Waals surface area contributed by atoms with E-state index in [1.165, 1.54) is 0 Å². The van der Waals surface area contributed by atoms with Gasteiger partial charge in [0.05, 0.1) is 19.3 Å². The van der Waals surface area contributed by atoms with E-state index in [0.29, 0.717) is 32.1 Å². The average Bonchev–Trinajstić information content (AvgIpc) is 2.67. The van der Waals surface area contributed by atoms with Crippen LogP contribution in [0.15, 0.2) is 4.99 Å². The third-order valence-corrected chi connectivity index (χ3v) is 3.66. The van der Waals surface area contributed by atoms with E-state index in [-0.39, 0.29) is 12.0 Å². The van der Waals surface area contributed by atoms with Crippen LogP contribution in [-0.2, 0) is 14.3 Å². The molecule has 2 saturated heterocycles. The molecule has 2 rings (SSSR count). The number of nitrogens with one attached hydrogen (secondary N) is 2. The Labute approximate surface area is 113 Å². The van der Waals surface area contributed by atoms with Gasteiger partial charge >= 0.3 is 0 Å². The number of ether oxygens (including phenoxy) is 2. The summed E-state index contributed by atoms with van der Waals surface area (Å²) in [6.45, 7) is 3.85. The first kappa shape index (κ1) is 14.3. The Morgan fingerprint density at radius 1 is 1.58 bits per heavy atom. The topological polar surface area (TPSA) is 71.9 Å². The van der Waals surface area contributed by atoms with Crippen molar-refractivity contribution in [3.8, 4) is 0 Å². The van der Waals surface area contributed by atoms with Crippen molar-refractivity contribution in [2.24, 2.45) is 4.99 Å². The first-order valence-corrected chi connectivity index (χ1v) is 6.95. The lowest BCUT2D eigenvalue weighted by atomic mass is 9.85. The van der Waals surface area contributed by atoms with E-state index < -0.39 is 5.54 Å². The van der Waals surface area contributed by atoms with Crippen LogP contribution < -0.4 is 10.6 Å². The van der Waals surface area contributed by atoms with Gasteiger partial charge in [-0.05, 0) is 6.42 Å². The van der Waals surface area contributed by atoms with E-state index in [2.05, 4.69) is 22.5 Å². The SMILES string of the molecule is CCCC1CC2(CCO1)NC(=NCCOC)NC2=O. The van der Waals surface area contributed by atoms with Crippen molar-refractivity contribution >= 4 is 11.9 Å². The Balaban J connectivity index is 1.99. The molecule has 2 N–H and O–H groups in total. The summed E-state index contributed by atoms with van der Waals surface area (Å²) in [7, 11) is 1.64. The molecule has 2 aliphatic heterocycles. The Hall–Kier alpha value is -1.14. The second-order valence-corrected chi connectivity index (χ2v) is 5.12. The number of carbonyl (C=O) groups is 1. The smallest absolute Gasteiger partial charge is 0.252 e. The quantitative estimate of drug-likeness (QED) is 0.710. The van der Waals surface area contributed by atoms with Crippen LogP contribution in [-0.4, -0.2) is 50.4 Å². The molecule has 2 unspecified atom stereocenters. The standard InChI is InChI=1S/C13H23N3O3/c1-3-4-10-9-13(5-7-19-10)11(17)15-12(16-13)14-6-8-18-2/h10H,3-9H2,1-2H3,(H2,14,15,16,17). The Morgan fingerprint density at radius 3 is 3.16 bits per heavy atom. The van der Waals surface area contributed by atoms with Crippen molar-refractivity contribution in [3.63, 3.8) is 0 Å². The fourth-order valence-electron chi connectivity index (χ4n) is 2.65. The van der Waals surface area contributed by atoms with Crippen LogP contribution in [0.5, 0.6) is 0 Å². The van der Waals surface area contributed by atoms with Crippen LogP contribution in [0.2, 0.25) is 0 Å². The largest absolute Gasteiger partial charge is 0.383 e. The van der Waals surface area contributed by atoms with E-state index in [1.807, 2.05) is 0 Å². The first-order chi connectivity index (χ1) is 9.20. The molecule has 1 amide bonds. The summed E-state index contributed by atoms with van der Waals surface area (Å²) in [5.74, 6) is 0.590. The Morgan fingerprint density at radius 2 is 2.42 bits per heavy atom. The van der Waals surface area contributed by atoms with Gasteiger partial charge in [-0.15, -0.1) is 0 Å². The molecule has 0 saturated carbocycles. The molecular formula is C13H23N3O3. The van der Waals surface area contributed by atoms with Crippen molar-refractivity contribution in [1.29, 1.82) is 0 Å². The zero-order valence-electron chi connectivity index (χ0n) is 11.7. The average molecular weight is 269 g/mol. The molecule has 0 aromatic carbocycles. The van der Waals surface area contributed by atoms with Crippen LogP contribution >= 0.6 is 0 Å². The minimum atomic E-state index is -0.524. The third-order valence-electron chi connectivity index (χ3n) is 3.66. The van der Waals surface area contributed by atoms with E-state index in [0.717, 1.165) is 19.3 Å². The second-order valence-electron chi connectivity index (χ2n) is 5.12. The molecule has 0 bridgehead atoms. The van der Waals surface area contributed by atoms with Crippen LogP contribution in [0, 0.1) is 0 Å². The van der Waals surface area contributed by atoms with Crippen LogP contribution in [0.3, 0.4) is 0 Å². The first-order valence-electron chi connectivity index (χ1n) is 6.95. The highest BCUT2D eigenvalue weighted by Crippen LogP contribution is 2.29. The highest BCUT2D eigenvalue weighted by molar-refractivity contribution is 6.09. The molecule has 0 radical (unpaired) electrons. The number of hydrogen-bond donors (Lipinski definition) is 2. The van der Waals surface area contributed by atoms with Gasteiger partial charge in [0.2, 0.25) is 0 Å². The number of methoxy groups -OCH3 is 1. The van der Waals surface area contributed by atoms with Crippen molar-refractivity contribution in [3.05, 3.63) is 0 Å². The van der Waals surface area contributed by atoms with E-state index in [1.54, 1.807) is 7.11 Å². The summed E-state index contributed by atoms with van der Waals surface area (Å²) in [6, 6.07) is 0. The van der Waals surface area contributed by atoms with Gasteiger partial charge in [0.1, 0.15) is 5.54 Å². The minimum Gasteiger partial charge on any atom is -0.383 e. The minimum absolute atomic E-state index is 0.0214. The van der Waals surface area contributed by atoms with Gasteiger partial charge < -0.3 is 14.8 Å². The normalized spacial score (nSPS) is 32.6. The van der Waals surface area contributed by atoms with Gasteiger partial charge in [-0.1, -0.05) is 13.3 Å². The molecule has 2 heterocycles. The molecule has 2 atom stereocenters. The monoisotopic (exact) mass is 269 g/mol. The fourth-order valence-corrected chi connectivity index (χ4v) is 2.65. The number of amides is 1. The molecule has 0 aromatic heterocycles. The highest BCUT2D eigenvalue weighted by Gasteiger charge is 2.48. The van der Waals surface area contributed by atoms with Crippen LogP contribution in [0.1, 0.15) is 32.6 Å². The Bertz CT molecular complexity index is 357. The third kappa shape index (κ3) is 3.25. The lowest BCUT2D eigenvalue weighted by Gasteiger charge is -2.35. The number of rotatable bonds is 5. The summed E-state index contributed by atoms with van der Waals surface area (Å²) >= 11 is 0. The number of guanidine groups is 1. The van der Waals surface area contributed by atoms with E-state index in [9.17, 15) is 4.79 Å². The summed E-state index contributed by atoms with van der Waals surface area (Å²) in [6.07, 6.45) is 3.64. The number of aliphatic imine (C=N–C) groups is 1. The van der Waals surface area contributed by atoms with Crippen LogP contribution in [0.25, 0.3) is 0 Å². The maximum atomic E-state index is 12.2. The van der Waals surface area contributed by atoms with E-state index in [4.69, 9.17) is 9.47 Å². The van der Waals surface area contributed by atoms with Gasteiger partial charge in [0.25, 0.3) is 5.91 Å². The van der Waals surface area contributed by atoms with Crippen molar-refractivity contribution in [2.75, 3.05) is 26.9 Å². The summed E-state index contributed by atoms with van der Waals surface area (Å²) in [5.41, 5.74) is -0.524. The molecule has 6 nitrogen and oxygen atoms in total. The van der Waals surface area contributed by atoms with Gasteiger partial charge in [-0.2, -0.15) is 0 Å². The van der Waals surface area contributed by atoms with Crippen molar-refractivity contribution < 1.29 is 14.3 Å². The lowest BCUT2D eigenvalue weighted by molar-refractivity contribution is -0.130. The summed E-state index contributed by atoms with van der Waals surface area (Å²) in [5, 5.41) is 6.08. The molecule has 2 fully saturated rings. The summed E-state index contributed by atoms with van der Waals surface area (Å²) < 4.78 is 10.7. The zero-order chi connectivity index (χ0) is 13.7. The van der Waals surface area contributed by atoms with E-state index >= 15 is 0 Å². The number of hydrogen-bond acceptors (Lipinski definition) is 4. The number of carbonyl (C=O) groups excluding carboxylic acids is 1. The van der Waals surface area contributed by atoms with Gasteiger partial charge in [-0.3, -0.25) is 15.1 Å². The van der Waals surface area contributed by atoms with Gasteiger partial charge in [0, 0.05) is 26.6 Å². The molecule has 6 heteroatoms. The van der Waals surface area contributed by atoms with Gasteiger partial charge in [0.15, 0.2) is 5.96 Å². The zero-order valence-corrected chi connectivity index (χ0v) is 11.7. The predicted octanol–water partition coefficient (Wildman–Crippen LogP) is 0.426. The van der Waals surface area contributed by atoms with Crippen molar-refractivity contribution in [1.82, 2.24) is 10.6 Å². The van der Waals surface area contributed by atoms with Crippen LogP contribution in [0.4, 0.5) is 0 Å². The fraction of sp³-hybridized carbons (Fsp3) is 0.846. The summed E-state index contributed by atoms with van der Waals surface area (Å²) in [4.78, 5) is 16.5. The maximum absolute atomic E-state index is 12.2. The van der Waals surface area contributed by atoms with Crippen molar-refractivity contribution in [2.45, 2.75) is 44.2 Å². The predicted molar refractivity (Wildman–Crippen MR) is 72.1 cm³/mol. The molecule has 108 valence electrons. The number of nitrogens with zero attached hydrogens (tertiary/aromatic N) is 1. The lowest BCUT2D eigenvalue weighted by Crippen LogP contribution is -2.53. The molecule has 0 aromatic rings. The van der Waals surface area contributed by atoms with Gasteiger partial charge in [-0.25, -0.2) is 0 Å².